The number of hydrogen-bond acceptors (Lipinski definition) is 5. The molecule has 0 aliphatic rings. The molecule has 1 heterocycles. The van der Waals surface area contributed by atoms with Gasteiger partial charge in [0.05, 0.1) is 21.5 Å². The van der Waals surface area contributed by atoms with Gasteiger partial charge in [-0.25, -0.2) is 13.1 Å². The van der Waals surface area contributed by atoms with E-state index in [9.17, 15) is 8.42 Å². The van der Waals surface area contributed by atoms with Gasteiger partial charge >= 0.3 is 0 Å². The molecular weight excluding hydrogens is 366 g/mol. The van der Waals surface area contributed by atoms with E-state index in [4.69, 9.17) is 21.1 Å². The summed E-state index contributed by atoms with van der Waals surface area (Å²) in [6.07, 6.45) is -0.330. The monoisotopic (exact) mass is 377 g/mol. The average molecular weight is 379 g/mol. The van der Waals surface area contributed by atoms with Crippen LogP contribution in [0.4, 0.5) is 0 Å². The second kappa shape index (κ2) is 7.18. The maximum absolute atomic E-state index is 11.9. The lowest BCUT2D eigenvalue weighted by Gasteiger charge is -2.14. The Hall–Kier alpha value is 0.300. The first-order chi connectivity index (χ1) is 8.40. The number of thiophene rings is 1. The van der Waals surface area contributed by atoms with Crippen molar-refractivity contribution in [3.63, 3.8) is 0 Å². The minimum atomic E-state index is -3.57. The van der Waals surface area contributed by atoms with Crippen LogP contribution >= 0.6 is 38.9 Å². The van der Waals surface area contributed by atoms with Crippen LogP contribution in [0.1, 0.15) is 0 Å². The van der Waals surface area contributed by atoms with E-state index in [2.05, 4.69) is 20.7 Å². The summed E-state index contributed by atoms with van der Waals surface area (Å²) < 4.78 is 37.1. The van der Waals surface area contributed by atoms with E-state index in [1.54, 1.807) is 0 Å². The molecule has 5 nitrogen and oxygen atoms in total. The van der Waals surface area contributed by atoms with Crippen LogP contribution in [0, 0.1) is 0 Å². The Kier molecular flexibility index (Phi) is 6.52. The predicted molar refractivity (Wildman–Crippen MR) is 74.9 cm³/mol. The minimum absolute atomic E-state index is 0.139. The highest BCUT2D eigenvalue weighted by Crippen LogP contribution is 2.34. The van der Waals surface area contributed by atoms with Crippen molar-refractivity contribution in [1.29, 1.82) is 0 Å². The Labute approximate surface area is 124 Å². The van der Waals surface area contributed by atoms with Gasteiger partial charge < -0.3 is 9.47 Å². The lowest BCUT2D eigenvalue weighted by atomic mass is 10.4. The van der Waals surface area contributed by atoms with Gasteiger partial charge in [0.2, 0.25) is 10.0 Å². The summed E-state index contributed by atoms with van der Waals surface area (Å²) in [6.45, 7) is 0.452. The molecule has 0 saturated heterocycles. The zero-order valence-corrected chi connectivity index (χ0v) is 13.7. The Morgan fingerprint density at radius 2 is 2.22 bits per heavy atom. The van der Waals surface area contributed by atoms with Gasteiger partial charge in [-0.3, -0.25) is 0 Å². The lowest BCUT2D eigenvalue weighted by Crippen LogP contribution is -2.35. The molecule has 1 atom stereocenters. The Bertz CT molecular complexity index is 471. The largest absolute Gasteiger partial charge is 0.382 e. The fraction of sp³-hybridized carbons (Fsp3) is 0.556. The van der Waals surface area contributed by atoms with Crippen molar-refractivity contribution >= 4 is 48.9 Å². The van der Waals surface area contributed by atoms with Crippen LogP contribution in [0.25, 0.3) is 0 Å². The van der Waals surface area contributed by atoms with Crippen molar-refractivity contribution in [2.24, 2.45) is 0 Å². The van der Waals surface area contributed by atoms with E-state index in [0.717, 1.165) is 11.3 Å². The van der Waals surface area contributed by atoms with Crippen LogP contribution in [0.5, 0.6) is 0 Å². The van der Waals surface area contributed by atoms with Crippen LogP contribution in [0.3, 0.4) is 0 Å². The molecule has 0 spiro atoms. The third-order valence-electron chi connectivity index (χ3n) is 2.07. The number of halogens is 2. The molecular formula is C9H13BrClNO4S2. The lowest BCUT2D eigenvalue weighted by molar-refractivity contribution is 0.0320. The zero-order chi connectivity index (χ0) is 13.8. The number of sulfonamides is 1. The minimum Gasteiger partial charge on any atom is -0.382 e. The first kappa shape index (κ1) is 16.4. The van der Waals surface area contributed by atoms with E-state index in [-0.39, 0.29) is 16.9 Å². The van der Waals surface area contributed by atoms with Crippen LogP contribution in [-0.4, -0.2) is 41.9 Å². The van der Waals surface area contributed by atoms with Crippen molar-refractivity contribution < 1.29 is 17.9 Å². The molecule has 18 heavy (non-hydrogen) atoms. The van der Waals surface area contributed by atoms with Crippen molar-refractivity contribution in [3.05, 3.63) is 14.9 Å². The number of rotatable bonds is 7. The van der Waals surface area contributed by atoms with Crippen molar-refractivity contribution in [2.75, 3.05) is 27.4 Å². The second-order valence-electron chi connectivity index (χ2n) is 3.35. The highest BCUT2D eigenvalue weighted by atomic mass is 79.9. The van der Waals surface area contributed by atoms with Gasteiger partial charge in [-0.15, -0.1) is 11.3 Å². The molecule has 1 aromatic heterocycles. The molecule has 1 unspecified atom stereocenters. The number of hydrogen-bond donors (Lipinski definition) is 1. The molecule has 1 N–H and O–H groups in total. The molecule has 1 rings (SSSR count). The van der Waals surface area contributed by atoms with Gasteiger partial charge in [0.15, 0.2) is 0 Å². The number of ether oxygens (including phenoxy) is 2. The second-order valence-corrected chi connectivity index (χ2v) is 8.12. The quantitative estimate of drug-likeness (QED) is 0.789. The zero-order valence-electron chi connectivity index (χ0n) is 9.77. The van der Waals surface area contributed by atoms with Crippen LogP contribution in [-0.2, 0) is 19.5 Å². The molecule has 0 bridgehead atoms. The van der Waals surface area contributed by atoms with E-state index in [1.807, 2.05) is 0 Å². The molecule has 0 fully saturated rings. The predicted octanol–water partition coefficient (Wildman–Crippen LogP) is 2.10. The standard InChI is InChI=1S/C9H13BrClNO4S2/c1-15-5-6(16-2)4-12-18(13,14)8-3-7(11)9(10)17-8/h3,6,12H,4-5H2,1-2H3. The Morgan fingerprint density at radius 1 is 1.56 bits per heavy atom. The third kappa shape index (κ3) is 4.44. The van der Waals surface area contributed by atoms with E-state index < -0.39 is 10.0 Å². The molecule has 9 heteroatoms. The van der Waals surface area contributed by atoms with Crippen LogP contribution < -0.4 is 4.72 Å². The highest BCUT2D eigenvalue weighted by molar-refractivity contribution is 9.11. The highest BCUT2D eigenvalue weighted by Gasteiger charge is 2.20. The van der Waals surface area contributed by atoms with Crippen molar-refractivity contribution in [3.8, 4) is 0 Å². The SMILES string of the molecule is COCC(CNS(=O)(=O)c1cc(Cl)c(Br)s1)OC. The van der Waals surface area contributed by atoms with Crippen molar-refractivity contribution in [1.82, 2.24) is 4.72 Å². The first-order valence-corrected chi connectivity index (χ1v) is 8.34. The van der Waals surface area contributed by atoms with E-state index in [0.29, 0.717) is 15.4 Å². The fourth-order valence-corrected chi connectivity index (χ4v) is 4.64. The number of nitrogens with one attached hydrogen (secondary N) is 1. The molecule has 1 aromatic rings. The Balaban J connectivity index is 2.70. The fourth-order valence-electron chi connectivity index (χ4n) is 1.13. The maximum Gasteiger partial charge on any atom is 0.250 e. The molecule has 0 amide bonds. The summed E-state index contributed by atoms with van der Waals surface area (Å²) >= 11 is 10.0. The van der Waals surface area contributed by atoms with Gasteiger partial charge in [-0.1, -0.05) is 11.6 Å². The van der Waals surface area contributed by atoms with Crippen LogP contribution in [0.15, 0.2) is 14.1 Å². The van der Waals surface area contributed by atoms with Gasteiger partial charge in [-0.05, 0) is 22.0 Å². The van der Waals surface area contributed by atoms with Gasteiger partial charge in [0, 0.05) is 20.8 Å². The molecule has 0 aliphatic heterocycles. The van der Waals surface area contributed by atoms with Gasteiger partial charge in [0.25, 0.3) is 0 Å². The molecule has 0 saturated carbocycles. The summed E-state index contributed by atoms with van der Waals surface area (Å²) in [5.41, 5.74) is 0. The molecule has 0 radical (unpaired) electrons. The number of methoxy groups -OCH3 is 2. The van der Waals surface area contributed by atoms with E-state index in [1.165, 1.54) is 20.3 Å². The summed E-state index contributed by atoms with van der Waals surface area (Å²) in [4.78, 5) is 0. The van der Waals surface area contributed by atoms with Gasteiger partial charge in [-0.2, -0.15) is 0 Å². The summed E-state index contributed by atoms with van der Waals surface area (Å²) in [6, 6.07) is 1.40. The van der Waals surface area contributed by atoms with Crippen LogP contribution in [0.2, 0.25) is 5.02 Å². The Morgan fingerprint density at radius 3 is 2.67 bits per heavy atom. The average Bonchev–Trinajstić information content (AvgIpc) is 2.66. The first-order valence-electron chi connectivity index (χ1n) is 4.87. The third-order valence-corrected chi connectivity index (χ3v) is 6.45. The van der Waals surface area contributed by atoms with Crippen molar-refractivity contribution in [2.45, 2.75) is 10.3 Å². The van der Waals surface area contributed by atoms with Gasteiger partial charge in [0.1, 0.15) is 4.21 Å². The smallest absolute Gasteiger partial charge is 0.250 e. The molecule has 0 aliphatic carbocycles. The summed E-state index contributed by atoms with van der Waals surface area (Å²) in [5.74, 6) is 0. The normalized spacial score (nSPS) is 13.8. The van der Waals surface area contributed by atoms with E-state index >= 15 is 0 Å². The molecule has 104 valence electrons. The summed E-state index contributed by atoms with van der Waals surface area (Å²) in [7, 11) is -0.546. The maximum atomic E-state index is 11.9. The molecule has 0 aromatic carbocycles. The topological polar surface area (TPSA) is 64.6 Å². The summed E-state index contributed by atoms with van der Waals surface area (Å²) in [5, 5.41) is 0.376.